The van der Waals surface area contributed by atoms with Crippen LogP contribution in [-0.4, -0.2) is 12.2 Å². The number of hydrogen-bond donors (Lipinski definition) is 2. The summed E-state index contributed by atoms with van der Waals surface area (Å²) < 4.78 is 34.9. The maximum Gasteiger partial charge on any atom is 0.586 e. The summed E-state index contributed by atoms with van der Waals surface area (Å²) in [6.07, 6.45) is -3.73. The zero-order valence-electron chi connectivity index (χ0n) is 13.2. The largest absolute Gasteiger partial charge is 0.586 e. The molecular weight excluding hydrogens is 362 g/mol. The third kappa shape index (κ3) is 3.06. The Morgan fingerprint density at radius 3 is 2.65 bits per heavy atom. The molecular formula is C18H12F2N2O3S. The van der Waals surface area contributed by atoms with Crippen molar-refractivity contribution in [3.05, 3.63) is 59.5 Å². The first kappa shape index (κ1) is 16.3. The van der Waals surface area contributed by atoms with Gasteiger partial charge in [-0.1, -0.05) is 12.1 Å². The van der Waals surface area contributed by atoms with E-state index in [-0.39, 0.29) is 17.1 Å². The first-order valence-corrected chi connectivity index (χ1v) is 8.44. The number of nitrogen functional groups attached to an aromatic ring is 1. The molecule has 3 N–H and O–H groups in total. The van der Waals surface area contributed by atoms with Gasteiger partial charge < -0.3 is 20.5 Å². The Kier molecular flexibility index (Phi) is 3.77. The summed E-state index contributed by atoms with van der Waals surface area (Å²) in [7, 11) is 0. The maximum atomic E-state index is 13.1. The number of carbonyl (C=O) groups excluding carboxylic acids is 1. The molecule has 0 bridgehead atoms. The number of nitrogens with two attached hydrogens (primary N) is 1. The fourth-order valence-electron chi connectivity index (χ4n) is 2.55. The van der Waals surface area contributed by atoms with Gasteiger partial charge in [0.05, 0.1) is 11.4 Å². The van der Waals surface area contributed by atoms with Crippen LogP contribution >= 0.6 is 11.3 Å². The van der Waals surface area contributed by atoms with Gasteiger partial charge in [0.1, 0.15) is 0 Å². The number of alkyl halides is 2. The lowest BCUT2D eigenvalue weighted by Gasteiger charge is -2.10. The van der Waals surface area contributed by atoms with Gasteiger partial charge in [0.2, 0.25) is 0 Å². The van der Waals surface area contributed by atoms with Crippen molar-refractivity contribution >= 4 is 28.6 Å². The van der Waals surface area contributed by atoms with Crippen molar-refractivity contribution in [2.45, 2.75) is 6.29 Å². The Balaban J connectivity index is 1.59. The average molecular weight is 374 g/mol. The van der Waals surface area contributed by atoms with E-state index in [4.69, 9.17) is 5.73 Å². The monoisotopic (exact) mass is 374 g/mol. The van der Waals surface area contributed by atoms with Gasteiger partial charge in [0.15, 0.2) is 11.5 Å². The molecule has 1 aliphatic heterocycles. The molecule has 0 saturated heterocycles. The van der Waals surface area contributed by atoms with E-state index in [1.54, 1.807) is 23.5 Å². The molecule has 1 aliphatic rings. The fraction of sp³-hybridized carbons (Fsp3) is 0.0556. The van der Waals surface area contributed by atoms with Gasteiger partial charge in [0.25, 0.3) is 5.91 Å². The Morgan fingerprint density at radius 2 is 1.88 bits per heavy atom. The number of fused-ring (bicyclic) bond motifs is 1. The molecule has 2 heterocycles. The van der Waals surface area contributed by atoms with E-state index in [0.717, 1.165) is 10.4 Å². The summed E-state index contributed by atoms with van der Waals surface area (Å²) in [6, 6.07) is 13.0. The molecule has 5 nitrogen and oxygen atoms in total. The average Bonchev–Trinajstić information content (AvgIpc) is 3.22. The molecule has 0 aliphatic carbocycles. The molecule has 0 atom stereocenters. The lowest BCUT2D eigenvalue weighted by Crippen LogP contribution is -2.25. The van der Waals surface area contributed by atoms with E-state index in [1.807, 2.05) is 23.6 Å². The number of thiophene rings is 1. The number of rotatable bonds is 3. The molecule has 1 aromatic heterocycles. The first-order chi connectivity index (χ1) is 12.4. The number of ether oxygens (including phenoxy) is 2. The quantitative estimate of drug-likeness (QED) is 0.659. The molecule has 0 fully saturated rings. The van der Waals surface area contributed by atoms with Crippen molar-refractivity contribution in [2.24, 2.45) is 0 Å². The van der Waals surface area contributed by atoms with Crippen molar-refractivity contribution in [1.82, 2.24) is 0 Å². The number of anilines is 2. The predicted octanol–water partition coefficient (Wildman–Crippen LogP) is 4.57. The minimum atomic E-state index is -3.73. The maximum absolute atomic E-state index is 13.1. The fourth-order valence-corrected chi connectivity index (χ4v) is 3.27. The highest BCUT2D eigenvalue weighted by Crippen LogP contribution is 2.41. The Labute approximate surface area is 151 Å². The van der Waals surface area contributed by atoms with Crippen LogP contribution in [0.25, 0.3) is 10.4 Å². The number of amides is 1. The second-order valence-electron chi connectivity index (χ2n) is 5.56. The van der Waals surface area contributed by atoms with Gasteiger partial charge in [-0.25, -0.2) is 0 Å². The number of halogens is 2. The summed E-state index contributed by atoms with van der Waals surface area (Å²) in [5.74, 6) is -0.810. The highest BCUT2D eigenvalue weighted by molar-refractivity contribution is 7.13. The van der Waals surface area contributed by atoms with Crippen LogP contribution in [0, 0.1) is 0 Å². The zero-order chi connectivity index (χ0) is 18.3. The first-order valence-electron chi connectivity index (χ1n) is 7.56. The minimum absolute atomic E-state index is 0.120. The van der Waals surface area contributed by atoms with E-state index in [0.29, 0.717) is 11.4 Å². The normalized spacial score (nSPS) is 14.2. The molecule has 0 radical (unpaired) electrons. The number of benzene rings is 2. The minimum Gasteiger partial charge on any atom is -0.397 e. The molecule has 8 heteroatoms. The predicted molar refractivity (Wildman–Crippen MR) is 94.8 cm³/mol. The van der Waals surface area contributed by atoms with E-state index >= 15 is 0 Å². The lowest BCUT2D eigenvalue weighted by atomic mass is 10.1. The number of carbonyl (C=O) groups is 1. The van der Waals surface area contributed by atoms with Crippen LogP contribution < -0.4 is 20.5 Å². The Bertz CT molecular complexity index is 990. The third-order valence-electron chi connectivity index (χ3n) is 3.77. The van der Waals surface area contributed by atoms with Crippen LogP contribution in [0.1, 0.15) is 10.4 Å². The molecule has 132 valence electrons. The number of hydrogen-bond acceptors (Lipinski definition) is 5. The smallest absolute Gasteiger partial charge is 0.397 e. The molecule has 1 amide bonds. The van der Waals surface area contributed by atoms with Crippen molar-refractivity contribution in [3.8, 4) is 21.9 Å². The molecule has 0 saturated carbocycles. The van der Waals surface area contributed by atoms with Crippen LogP contribution in [0.2, 0.25) is 0 Å². The molecule has 3 aromatic rings. The summed E-state index contributed by atoms with van der Waals surface area (Å²) in [6.45, 7) is 0. The van der Waals surface area contributed by atoms with E-state index < -0.39 is 12.2 Å². The van der Waals surface area contributed by atoms with E-state index in [2.05, 4.69) is 14.8 Å². The summed E-state index contributed by atoms with van der Waals surface area (Å²) in [4.78, 5) is 13.5. The SMILES string of the molecule is Nc1ccc(-c2cccs2)cc1NC(=O)c1ccc2c(c1)OC(F)(F)O2. The molecule has 2 aromatic carbocycles. The molecule has 0 unspecified atom stereocenters. The van der Waals surface area contributed by atoms with Gasteiger partial charge in [-0.05, 0) is 47.3 Å². The summed E-state index contributed by atoms with van der Waals surface area (Å²) in [5, 5.41) is 4.65. The summed E-state index contributed by atoms with van der Waals surface area (Å²) >= 11 is 1.56. The van der Waals surface area contributed by atoms with Crippen LogP contribution in [0.4, 0.5) is 20.2 Å². The van der Waals surface area contributed by atoms with Gasteiger partial charge in [-0.2, -0.15) is 0 Å². The number of nitrogens with one attached hydrogen (secondary N) is 1. The molecule has 0 spiro atoms. The topological polar surface area (TPSA) is 73.6 Å². The van der Waals surface area contributed by atoms with Gasteiger partial charge >= 0.3 is 6.29 Å². The summed E-state index contributed by atoms with van der Waals surface area (Å²) in [5.41, 5.74) is 7.82. The third-order valence-corrected chi connectivity index (χ3v) is 4.69. The Morgan fingerprint density at radius 1 is 1.08 bits per heavy atom. The van der Waals surface area contributed by atoms with Crippen molar-refractivity contribution in [1.29, 1.82) is 0 Å². The highest BCUT2D eigenvalue weighted by atomic mass is 32.1. The van der Waals surface area contributed by atoms with Crippen LogP contribution in [-0.2, 0) is 0 Å². The van der Waals surface area contributed by atoms with Crippen molar-refractivity contribution < 1.29 is 23.0 Å². The van der Waals surface area contributed by atoms with Crippen LogP contribution in [0.5, 0.6) is 11.5 Å². The molecule has 4 rings (SSSR count). The second-order valence-corrected chi connectivity index (χ2v) is 6.51. The van der Waals surface area contributed by atoms with Crippen LogP contribution in [0.15, 0.2) is 53.9 Å². The zero-order valence-corrected chi connectivity index (χ0v) is 14.0. The van der Waals surface area contributed by atoms with Gasteiger partial charge in [0, 0.05) is 10.4 Å². The lowest BCUT2D eigenvalue weighted by molar-refractivity contribution is -0.286. The van der Waals surface area contributed by atoms with Crippen molar-refractivity contribution in [2.75, 3.05) is 11.1 Å². The standard InChI is InChI=1S/C18H12F2N2O3S/c19-18(20)24-14-6-4-11(9-15(14)25-18)17(23)22-13-8-10(3-5-12(13)21)16-2-1-7-26-16/h1-9H,21H2,(H,22,23). The van der Waals surface area contributed by atoms with Crippen LogP contribution in [0.3, 0.4) is 0 Å². The second kappa shape index (κ2) is 5.99. The van der Waals surface area contributed by atoms with Gasteiger partial charge in [-0.3, -0.25) is 4.79 Å². The Hall–Kier alpha value is -3.13. The van der Waals surface area contributed by atoms with E-state index in [1.165, 1.54) is 18.2 Å². The van der Waals surface area contributed by atoms with Crippen molar-refractivity contribution in [3.63, 3.8) is 0 Å². The van der Waals surface area contributed by atoms with E-state index in [9.17, 15) is 13.6 Å². The highest BCUT2D eigenvalue weighted by Gasteiger charge is 2.43. The van der Waals surface area contributed by atoms with Gasteiger partial charge in [-0.15, -0.1) is 20.1 Å². The molecule has 26 heavy (non-hydrogen) atoms.